The number of aromatic amines is 1. The van der Waals surface area contributed by atoms with E-state index in [-0.39, 0.29) is 69.6 Å². The van der Waals surface area contributed by atoms with Crippen molar-refractivity contribution in [1.82, 2.24) is 24.7 Å². The zero-order chi connectivity index (χ0) is 46.6. The fourth-order valence-corrected chi connectivity index (χ4v) is 13.9. The molecule has 2 aromatic heterocycles. The molecular weight excluding hydrogens is 889 g/mol. The number of nitrogens with two attached hydrogens (primary N) is 1. The van der Waals surface area contributed by atoms with E-state index in [1.807, 2.05) is 12.1 Å². The lowest BCUT2D eigenvalue weighted by molar-refractivity contribution is -0.384. The summed E-state index contributed by atoms with van der Waals surface area (Å²) in [6.45, 7) is 9.11. The van der Waals surface area contributed by atoms with Gasteiger partial charge in [-0.05, 0) is 81.6 Å². The number of benzene rings is 3. The number of nitrogens with zero attached hydrogens (tertiary/aromatic N) is 7. The minimum absolute atomic E-state index is 0.0301. The van der Waals surface area contributed by atoms with Crippen LogP contribution in [0.2, 0.25) is 0 Å². The molecule has 1 saturated carbocycles. The number of amides is 1. The minimum atomic E-state index is -4.75. The van der Waals surface area contributed by atoms with Gasteiger partial charge in [-0.1, -0.05) is 24.3 Å². The van der Waals surface area contributed by atoms with Crippen LogP contribution in [0.3, 0.4) is 0 Å². The summed E-state index contributed by atoms with van der Waals surface area (Å²) < 4.78 is 50.7. The number of likely N-dealkylation sites (tertiary alicyclic amines) is 1. The Bertz CT molecular complexity index is 2960. The quantitative estimate of drug-likeness (QED) is 0.121. The summed E-state index contributed by atoms with van der Waals surface area (Å²) in [6.07, 6.45) is 5.42. The third kappa shape index (κ3) is 7.15. The predicted molar refractivity (Wildman–Crippen MR) is 255 cm³/mol. The number of H-pyrrole nitrogens is 1. The lowest BCUT2D eigenvalue weighted by atomic mass is 9.60. The summed E-state index contributed by atoms with van der Waals surface area (Å²) in [7, 11) is -2.66. The molecule has 12 rings (SSSR count). The Balaban J connectivity index is 0.951. The van der Waals surface area contributed by atoms with Gasteiger partial charge in [0.25, 0.3) is 11.6 Å². The van der Waals surface area contributed by atoms with Gasteiger partial charge in [-0.25, -0.2) is 8.42 Å². The highest BCUT2D eigenvalue weighted by atomic mass is 32.2. The molecule has 3 aromatic carbocycles. The number of fused-ring (bicyclic) bond motifs is 4. The number of nitro groups is 1. The van der Waals surface area contributed by atoms with Crippen LogP contribution in [0.25, 0.3) is 11.0 Å². The van der Waals surface area contributed by atoms with Crippen LogP contribution < -0.4 is 30.3 Å². The zero-order valence-corrected chi connectivity index (χ0v) is 39.0. The second kappa shape index (κ2) is 16.3. The smallest absolute Gasteiger partial charge is 0.297 e. The molecule has 4 atom stereocenters. The summed E-state index contributed by atoms with van der Waals surface area (Å²) in [4.78, 5) is 44.7. The van der Waals surface area contributed by atoms with E-state index in [9.17, 15) is 14.9 Å². The highest BCUT2D eigenvalue weighted by Crippen LogP contribution is 2.57. The molecular formula is C49H56N10O8S. The first-order valence-electron chi connectivity index (χ1n) is 23.8. The minimum Gasteiger partial charge on any atom is -0.489 e. The topological polar surface area (TPSA) is 205 Å². The van der Waals surface area contributed by atoms with Crippen molar-refractivity contribution in [1.29, 1.82) is 0 Å². The molecule has 1 spiro atoms. The van der Waals surface area contributed by atoms with Gasteiger partial charge in [-0.15, -0.1) is 0 Å². The molecule has 6 aliphatic heterocycles. The van der Waals surface area contributed by atoms with Crippen molar-refractivity contribution in [3.05, 3.63) is 93.7 Å². The number of nitro benzene ring substituents is 1. The van der Waals surface area contributed by atoms with Crippen molar-refractivity contribution in [2.45, 2.75) is 72.7 Å². The number of pyridine rings is 1. The van der Waals surface area contributed by atoms with Gasteiger partial charge in [0.2, 0.25) is 15.7 Å². The van der Waals surface area contributed by atoms with Gasteiger partial charge in [0.1, 0.15) is 28.9 Å². The summed E-state index contributed by atoms with van der Waals surface area (Å²) in [5.74, 6) is -0.538. The second-order valence-electron chi connectivity index (χ2n) is 20.0. The Kier molecular flexibility index (Phi) is 10.4. The molecule has 68 heavy (non-hydrogen) atoms. The van der Waals surface area contributed by atoms with Gasteiger partial charge in [-0.3, -0.25) is 24.7 Å². The van der Waals surface area contributed by atoms with E-state index in [2.05, 4.69) is 68.1 Å². The Morgan fingerprint density at radius 1 is 1.00 bits per heavy atom. The Morgan fingerprint density at radius 3 is 2.59 bits per heavy atom. The third-order valence-electron chi connectivity index (χ3n) is 15.7. The third-order valence-corrected chi connectivity index (χ3v) is 17.5. The Labute approximate surface area is 394 Å². The number of carbonyl (C=O) groups is 1. The van der Waals surface area contributed by atoms with E-state index >= 15 is 8.42 Å². The Hall–Kier alpha value is -5.99. The molecule has 5 aromatic rings. The molecule has 0 radical (unpaired) electrons. The first-order valence-corrected chi connectivity index (χ1v) is 25.2. The van der Waals surface area contributed by atoms with Gasteiger partial charge in [0.15, 0.2) is 11.4 Å². The van der Waals surface area contributed by atoms with E-state index in [1.165, 1.54) is 17.2 Å². The molecule has 4 N–H and O–H groups in total. The lowest BCUT2D eigenvalue weighted by Crippen LogP contribution is -2.66. The molecule has 1 amide bonds. The fourth-order valence-electron chi connectivity index (χ4n) is 12.2. The van der Waals surface area contributed by atoms with Gasteiger partial charge in [0, 0.05) is 87.0 Å². The molecule has 356 valence electrons. The summed E-state index contributed by atoms with van der Waals surface area (Å²) in [5.41, 5.74) is 10.0. The normalized spacial score (nSPS) is 24.9. The number of hydrogen-bond donors (Lipinski definition) is 3. The van der Waals surface area contributed by atoms with Crippen LogP contribution in [0.4, 0.5) is 28.4 Å². The van der Waals surface area contributed by atoms with Crippen molar-refractivity contribution in [2.24, 2.45) is 11.1 Å². The van der Waals surface area contributed by atoms with E-state index < -0.39 is 38.5 Å². The molecule has 1 aliphatic carbocycles. The van der Waals surface area contributed by atoms with Crippen molar-refractivity contribution in [3.63, 3.8) is 0 Å². The predicted octanol–water partition coefficient (Wildman–Crippen LogP) is 5.24. The van der Waals surface area contributed by atoms with Gasteiger partial charge >= 0.3 is 0 Å². The van der Waals surface area contributed by atoms with Gasteiger partial charge < -0.3 is 44.9 Å². The van der Waals surface area contributed by atoms with Gasteiger partial charge in [-0.2, -0.15) is 4.98 Å². The summed E-state index contributed by atoms with van der Waals surface area (Å²) in [6, 6.07) is 18.1. The highest BCUT2D eigenvalue weighted by Gasteiger charge is 2.56. The van der Waals surface area contributed by atoms with Crippen molar-refractivity contribution >= 4 is 55.2 Å². The SMILES string of the molecule is Cc1ccccc1[C@@H]1CCCN1C1CC2(C1)CN(c1ccc(C(N)=O)c(N3c4cc5cc[nH]c5nc4O[C@H]4COC[C@@H]43)c1S(=O)(=O)c1cc3c(c([N+](=O)[O-])c1)N[C@H](CN1CCN(C)CC1)CO3)C2. The van der Waals surface area contributed by atoms with Crippen LogP contribution in [-0.4, -0.2) is 147 Å². The molecule has 5 fully saturated rings. The number of sulfone groups is 1. The number of anilines is 4. The number of primary amides is 1. The zero-order valence-electron chi connectivity index (χ0n) is 38.2. The second-order valence-corrected chi connectivity index (χ2v) is 21.9. The van der Waals surface area contributed by atoms with Crippen LogP contribution in [0, 0.1) is 22.5 Å². The van der Waals surface area contributed by atoms with E-state index in [4.69, 9.17) is 24.9 Å². The number of nitrogens with one attached hydrogen (secondary N) is 2. The van der Waals surface area contributed by atoms with Gasteiger partial charge in [0.05, 0.1) is 52.1 Å². The van der Waals surface area contributed by atoms with Crippen molar-refractivity contribution < 1.29 is 32.3 Å². The Morgan fingerprint density at radius 2 is 1.81 bits per heavy atom. The molecule has 8 heterocycles. The maximum Gasteiger partial charge on any atom is 0.297 e. The van der Waals surface area contributed by atoms with E-state index in [0.717, 1.165) is 69.9 Å². The van der Waals surface area contributed by atoms with E-state index in [1.54, 1.807) is 23.2 Å². The molecule has 0 bridgehead atoms. The number of aryl methyl sites for hydroxylation is 1. The highest BCUT2D eigenvalue weighted by molar-refractivity contribution is 7.91. The first-order chi connectivity index (χ1) is 32.8. The number of hydrogen-bond acceptors (Lipinski definition) is 15. The number of ether oxygens (including phenoxy) is 3. The molecule has 18 nitrogen and oxygen atoms in total. The van der Waals surface area contributed by atoms with Crippen molar-refractivity contribution in [2.75, 3.05) is 94.3 Å². The van der Waals surface area contributed by atoms with Crippen LogP contribution >= 0.6 is 0 Å². The average Bonchev–Trinajstić information content (AvgIpc) is 4.09. The lowest BCUT2D eigenvalue weighted by Gasteiger charge is -2.62. The largest absolute Gasteiger partial charge is 0.489 e. The van der Waals surface area contributed by atoms with Crippen LogP contribution in [-0.2, 0) is 14.6 Å². The van der Waals surface area contributed by atoms with Crippen LogP contribution in [0.15, 0.2) is 76.7 Å². The number of carbonyl (C=O) groups excluding carboxylic acids is 1. The summed E-state index contributed by atoms with van der Waals surface area (Å²) >= 11 is 0. The van der Waals surface area contributed by atoms with E-state index in [0.29, 0.717) is 48.7 Å². The standard InChI is InChI=1S/C49H56N10O8S/c1-29-6-3-4-7-34(29)36-8-5-13-57(36)32-21-49(22-32)27-56(28-49)37-10-9-35(46(50)60)44(58-39-18-30-11-12-51-47(30)53-48(39)67-42-26-65-25-40(42)58)45(37)68(63,64)33-19-38(59(61)62)43-41(20-33)66-24-31(52-43)23-55-16-14-54(2)15-17-55/h3-4,6-7,9-12,18-20,31-32,36,40,42,52H,5,8,13-17,21-28H2,1-2H3,(H2,50,60)(H,51,53)/t31-,36+,40+,42+/m1/s1. The summed E-state index contributed by atoms with van der Waals surface area (Å²) in [5, 5.41) is 17.1. The maximum atomic E-state index is 16.0. The molecule has 19 heteroatoms. The molecule has 0 unspecified atom stereocenters. The average molecular weight is 945 g/mol. The van der Waals surface area contributed by atoms with Crippen LogP contribution in [0.5, 0.6) is 11.6 Å². The monoisotopic (exact) mass is 944 g/mol. The molecule has 4 saturated heterocycles. The van der Waals surface area contributed by atoms with Crippen molar-refractivity contribution in [3.8, 4) is 11.6 Å². The number of piperazine rings is 1. The number of aromatic nitrogens is 2. The fraction of sp³-hybridized carbons (Fsp3) is 0.469. The molecule has 7 aliphatic rings. The maximum absolute atomic E-state index is 16.0. The van der Waals surface area contributed by atoms with Crippen LogP contribution in [0.1, 0.15) is 53.2 Å². The number of likely N-dealkylation sites (N-methyl/N-ethyl adjacent to an activating group) is 1. The number of rotatable bonds is 10. The first kappa shape index (κ1) is 43.3.